The first-order valence-electron chi connectivity index (χ1n) is 4.05. The molecule has 0 radical (unpaired) electrons. The Morgan fingerprint density at radius 2 is 2.10 bits per heavy atom. The van der Waals surface area contributed by atoms with Gasteiger partial charge in [-0.15, -0.1) is 0 Å². The van der Waals surface area contributed by atoms with E-state index in [1.807, 2.05) is 0 Å². The molecule has 2 nitrogen and oxygen atoms in total. The zero-order chi connectivity index (χ0) is 7.41. The maximum Gasteiger partial charge on any atom is 0.0464 e. The standard InChI is InChI=1S/C8H16N2/c1-7-6-10(3)8(7,2)4-5-9-7/h9H,4-6H2,1-3H3/t7-,8-/m1/s1. The highest BCUT2D eigenvalue weighted by atomic mass is 15.4. The lowest BCUT2D eigenvalue weighted by Gasteiger charge is -2.59. The van der Waals surface area contributed by atoms with Crippen LogP contribution in [-0.4, -0.2) is 36.1 Å². The van der Waals surface area contributed by atoms with Crippen molar-refractivity contribution in [1.82, 2.24) is 10.2 Å². The van der Waals surface area contributed by atoms with Crippen LogP contribution >= 0.6 is 0 Å². The summed E-state index contributed by atoms with van der Waals surface area (Å²) in [6, 6.07) is 0. The molecular formula is C8H16N2. The molecule has 2 aliphatic heterocycles. The summed E-state index contributed by atoms with van der Waals surface area (Å²) in [5.41, 5.74) is 0.870. The van der Waals surface area contributed by atoms with E-state index >= 15 is 0 Å². The lowest BCUT2D eigenvalue weighted by molar-refractivity contribution is -0.0498. The van der Waals surface area contributed by atoms with Crippen molar-refractivity contribution < 1.29 is 0 Å². The summed E-state index contributed by atoms with van der Waals surface area (Å²) in [4.78, 5) is 2.45. The van der Waals surface area contributed by atoms with Crippen LogP contribution < -0.4 is 5.32 Å². The third-order valence-electron chi connectivity index (χ3n) is 3.71. The van der Waals surface area contributed by atoms with Crippen LogP contribution in [0.3, 0.4) is 0 Å². The normalized spacial score (nSPS) is 54.3. The van der Waals surface area contributed by atoms with Gasteiger partial charge in [0.25, 0.3) is 0 Å². The van der Waals surface area contributed by atoms with E-state index in [0.717, 1.165) is 0 Å². The van der Waals surface area contributed by atoms with Crippen molar-refractivity contribution in [3.8, 4) is 0 Å². The number of likely N-dealkylation sites (N-methyl/N-ethyl adjacent to an activating group) is 1. The fourth-order valence-electron chi connectivity index (χ4n) is 2.44. The van der Waals surface area contributed by atoms with Crippen molar-refractivity contribution in [1.29, 1.82) is 0 Å². The van der Waals surface area contributed by atoms with Gasteiger partial charge in [0, 0.05) is 17.6 Å². The molecule has 10 heavy (non-hydrogen) atoms. The van der Waals surface area contributed by atoms with E-state index < -0.39 is 0 Å². The zero-order valence-electron chi connectivity index (χ0n) is 7.07. The fraction of sp³-hybridized carbons (Fsp3) is 1.00. The number of rotatable bonds is 0. The molecule has 2 rings (SSSR count). The van der Waals surface area contributed by atoms with Crippen molar-refractivity contribution in [2.24, 2.45) is 0 Å². The van der Waals surface area contributed by atoms with Gasteiger partial charge in [-0.1, -0.05) is 0 Å². The molecule has 0 unspecified atom stereocenters. The fourth-order valence-corrected chi connectivity index (χ4v) is 2.44. The first-order valence-corrected chi connectivity index (χ1v) is 4.05. The van der Waals surface area contributed by atoms with Crippen molar-refractivity contribution >= 4 is 0 Å². The minimum atomic E-state index is 0.418. The third kappa shape index (κ3) is 0.487. The van der Waals surface area contributed by atoms with Gasteiger partial charge >= 0.3 is 0 Å². The summed E-state index contributed by atoms with van der Waals surface area (Å²) in [5.74, 6) is 0. The Hall–Kier alpha value is -0.0800. The van der Waals surface area contributed by atoms with Crippen LogP contribution in [0.1, 0.15) is 20.3 Å². The maximum absolute atomic E-state index is 3.56. The van der Waals surface area contributed by atoms with Gasteiger partial charge in [-0.25, -0.2) is 0 Å². The van der Waals surface area contributed by atoms with Gasteiger partial charge in [-0.2, -0.15) is 0 Å². The van der Waals surface area contributed by atoms with Gasteiger partial charge in [-0.3, -0.25) is 4.90 Å². The van der Waals surface area contributed by atoms with E-state index in [1.165, 1.54) is 19.5 Å². The molecular weight excluding hydrogens is 124 g/mol. The average molecular weight is 140 g/mol. The predicted octanol–water partition coefficient (Wildman–Crippen LogP) is 0.442. The lowest BCUT2D eigenvalue weighted by atomic mass is 9.71. The Bertz CT molecular complexity index is 169. The highest BCUT2D eigenvalue weighted by molar-refractivity contribution is 5.20. The third-order valence-corrected chi connectivity index (χ3v) is 3.71. The van der Waals surface area contributed by atoms with Crippen LogP contribution in [0.25, 0.3) is 0 Å². The second-order valence-corrected chi connectivity index (χ2v) is 4.14. The topological polar surface area (TPSA) is 15.3 Å². The van der Waals surface area contributed by atoms with Crippen molar-refractivity contribution in [2.45, 2.75) is 31.3 Å². The summed E-state index contributed by atoms with van der Waals surface area (Å²) in [5, 5.41) is 3.56. The SMILES string of the molecule is CN1C[C@@]2(C)NCC[C@@]12C. The van der Waals surface area contributed by atoms with Gasteiger partial charge in [0.15, 0.2) is 0 Å². The smallest absolute Gasteiger partial charge is 0.0464 e. The molecule has 0 bridgehead atoms. The average Bonchev–Trinajstić information content (AvgIpc) is 2.07. The number of nitrogens with one attached hydrogen (secondary N) is 1. The highest BCUT2D eigenvalue weighted by Crippen LogP contribution is 2.44. The molecule has 0 amide bonds. The quantitative estimate of drug-likeness (QED) is 0.525. The van der Waals surface area contributed by atoms with E-state index in [4.69, 9.17) is 0 Å². The maximum atomic E-state index is 3.56. The van der Waals surface area contributed by atoms with Gasteiger partial charge in [-0.05, 0) is 33.9 Å². The number of hydrogen-bond acceptors (Lipinski definition) is 2. The van der Waals surface area contributed by atoms with E-state index in [-0.39, 0.29) is 0 Å². The molecule has 0 saturated carbocycles. The van der Waals surface area contributed by atoms with Gasteiger partial charge < -0.3 is 5.32 Å². The molecule has 2 atom stereocenters. The highest BCUT2D eigenvalue weighted by Gasteiger charge is 2.59. The van der Waals surface area contributed by atoms with Crippen LogP contribution in [0.4, 0.5) is 0 Å². The molecule has 58 valence electrons. The molecule has 0 spiro atoms. The Morgan fingerprint density at radius 1 is 1.40 bits per heavy atom. The van der Waals surface area contributed by atoms with Crippen LogP contribution in [0.2, 0.25) is 0 Å². The second-order valence-electron chi connectivity index (χ2n) is 4.14. The Kier molecular flexibility index (Phi) is 1.03. The molecule has 2 heteroatoms. The summed E-state index contributed by atoms with van der Waals surface area (Å²) in [6.07, 6.45) is 1.31. The molecule has 0 aromatic carbocycles. The molecule has 0 aromatic heterocycles. The van der Waals surface area contributed by atoms with Crippen molar-refractivity contribution in [2.75, 3.05) is 20.1 Å². The summed E-state index contributed by atoms with van der Waals surface area (Å²) in [7, 11) is 2.22. The predicted molar refractivity (Wildman–Crippen MR) is 42.1 cm³/mol. The number of nitrogens with zero attached hydrogens (tertiary/aromatic N) is 1. The zero-order valence-corrected chi connectivity index (χ0v) is 7.07. The molecule has 0 aliphatic carbocycles. The minimum Gasteiger partial charge on any atom is -0.309 e. The number of likely N-dealkylation sites (tertiary alicyclic amines) is 1. The van der Waals surface area contributed by atoms with Gasteiger partial charge in [0.2, 0.25) is 0 Å². The second kappa shape index (κ2) is 1.56. The van der Waals surface area contributed by atoms with Crippen LogP contribution in [-0.2, 0) is 0 Å². The van der Waals surface area contributed by atoms with Gasteiger partial charge in [0.05, 0.1) is 0 Å². The first-order chi connectivity index (χ1) is 4.58. The Labute approximate surface area is 62.6 Å². The Morgan fingerprint density at radius 3 is 2.50 bits per heavy atom. The summed E-state index contributed by atoms with van der Waals surface area (Å²) < 4.78 is 0. The first kappa shape index (κ1) is 6.62. The monoisotopic (exact) mass is 140 g/mol. The Balaban J connectivity index is 2.27. The van der Waals surface area contributed by atoms with E-state index in [2.05, 4.69) is 31.1 Å². The molecule has 0 aromatic rings. The lowest BCUT2D eigenvalue weighted by Crippen LogP contribution is -2.75. The largest absolute Gasteiger partial charge is 0.309 e. The molecule has 2 saturated heterocycles. The van der Waals surface area contributed by atoms with Crippen LogP contribution in [0.5, 0.6) is 0 Å². The van der Waals surface area contributed by atoms with Gasteiger partial charge in [0.1, 0.15) is 0 Å². The summed E-state index contributed by atoms with van der Waals surface area (Å²) in [6.45, 7) is 7.09. The minimum absolute atomic E-state index is 0.418. The van der Waals surface area contributed by atoms with Crippen LogP contribution in [0.15, 0.2) is 0 Å². The van der Waals surface area contributed by atoms with E-state index in [0.29, 0.717) is 11.1 Å². The van der Waals surface area contributed by atoms with E-state index in [1.54, 1.807) is 0 Å². The van der Waals surface area contributed by atoms with Crippen molar-refractivity contribution in [3.05, 3.63) is 0 Å². The van der Waals surface area contributed by atoms with E-state index in [9.17, 15) is 0 Å². The molecule has 2 heterocycles. The molecule has 2 aliphatic rings. The number of fused-ring (bicyclic) bond motifs is 1. The van der Waals surface area contributed by atoms with Crippen LogP contribution in [0, 0.1) is 0 Å². The summed E-state index contributed by atoms with van der Waals surface area (Å²) >= 11 is 0. The molecule has 1 N–H and O–H groups in total. The molecule has 2 fully saturated rings. The van der Waals surface area contributed by atoms with Crippen molar-refractivity contribution in [3.63, 3.8) is 0 Å². The number of hydrogen-bond donors (Lipinski definition) is 1.